The second-order valence-corrected chi connectivity index (χ2v) is 9.88. The summed E-state index contributed by atoms with van der Waals surface area (Å²) in [7, 11) is -3.65. The Morgan fingerprint density at radius 1 is 1.38 bits per heavy atom. The molecule has 0 bridgehead atoms. The number of amides is 1. The normalized spacial score (nSPS) is 16.5. The number of ether oxygens (including phenoxy) is 1. The van der Waals surface area contributed by atoms with Crippen LogP contribution in [-0.4, -0.2) is 65.4 Å². The number of aromatic nitrogens is 3. The fraction of sp³-hybridized carbons (Fsp3) is 0.500. The number of hydrogen-bond donors (Lipinski definition) is 2. The lowest BCUT2D eigenvalue weighted by Gasteiger charge is -2.27. The number of nitrogens with zero attached hydrogens (tertiary/aromatic N) is 3. The van der Waals surface area contributed by atoms with Crippen LogP contribution in [0.2, 0.25) is 0 Å². The molecule has 1 unspecified atom stereocenters. The Hall–Kier alpha value is -1.95. The molecule has 2 aromatic rings. The molecule has 1 atom stereocenters. The molecule has 0 spiro atoms. The summed E-state index contributed by atoms with van der Waals surface area (Å²) in [6.45, 7) is 6.86. The quantitative estimate of drug-likeness (QED) is 0.632. The van der Waals surface area contributed by atoms with Gasteiger partial charge in [0.2, 0.25) is 21.1 Å². The van der Waals surface area contributed by atoms with Gasteiger partial charge in [-0.3, -0.25) is 9.89 Å². The van der Waals surface area contributed by atoms with Crippen LogP contribution in [0.25, 0.3) is 0 Å². The van der Waals surface area contributed by atoms with Gasteiger partial charge in [-0.2, -0.15) is 4.31 Å². The summed E-state index contributed by atoms with van der Waals surface area (Å²) in [6.07, 6.45) is 0.734. The summed E-state index contributed by atoms with van der Waals surface area (Å²) >= 11 is 1.24. The maximum absolute atomic E-state index is 13.0. The number of anilines is 1. The van der Waals surface area contributed by atoms with Crippen molar-refractivity contribution in [1.82, 2.24) is 19.5 Å². The molecule has 0 saturated carbocycles. The number of thioether (sulfide) groups is 1. The van der Waals surface area contributed by atoms with Gasteiger partial charge in [-0.25, -0.2) is 13.4 Å². The minimum atomic E-state index is -3.65. The van der Waals surface area contributed by atoms with Gasteiger partial charge in [-0.1, -0.05) is 24.8 Å². The van der Waals surface area contributed by atoms with E-state index in [1.807, 2.05) is 6.92 Å². The molecule has 1 aromatic heterocycles. The summed E-state index contributed by atoms with van der Waals surface area (Å²) in [6, 6.07) is 4.91. The van der Waals surface area contributed by atoms with Gasteiger partial charge in [-0.15, -0.1) is 5.10 Å². The number of carbonyl (C=O) groups excluding carboxylic acids is 1. The van der Waals surface area contributed by atoms with E-state index in [1.54, 1.807) is 26.0 Å². The summed E-state index contributed by atoms with van der Waals surface area (Å²) in [5.74, 6) is 0.507. The molecule has 2 heterocycles. The molecule has 2 N–H and O–H groups in total. The van der Waals surface area contributed by atoms with Crippen molar-refractivity contribution in [1.29, 1.82) is 0 Å². The average molecular weight is 440 g/mol. The van der Waals surface area contributed by atoms with Crippen molar-refractivity contribution < 1.29 is 17.9 Å². The van der Waals surface area contributed by atoms with E-state index in [-0.39, 0.29) is 10.8 Å². The Bertz CT molecular complexity index is 970. The molecule has 158 valence electrons. The van der Waals surface area contributed by atoms with Gasteiger partial charge >= 0.3 is 0 Å². The molecule has 1 amide bonds. The van der Waals surface area contributed by atoms with Crippen molar-refractivity contribution in [3.05, 3.63) is 29.6 Å². The van der Waals surface area contributed by atoms with Crippen LogP contribution in [0.3, 0.4) is 0 Å². The van der Waals surface area contributed by atoms with Crippen LogP contribution in [0.15, 0.2) is 28.3 Å². The Balaban J connectivity index is 1.72. The van der Waals surface area contributed by atoms with Gasteiger partial charge in [0.1, 0.15) is 5.82 Å². The molecule has 1 saturated heterocycles. The lowest BCUT2D eigenvalue weighted by molar-refractivity contribution is -0.115. The molecule has 3 rings (SSSR count). The maximum atomic E-state index is 13.0. The third-order valence-corrected chi connectivity index (χ3v) is 7.54. The van der Waals surface area contributed by atoms with Gasteiger partial charge in [0.15, 0.2) is 0 Å². The molecule has 9 nitrogen and oxygen atoms in total. The zero-order valence-electron chi connectivity index (χ0n) is 16.6. The summed E-state index contributed by atoms with van der Waals surface area (Å²) < 4.78 is 32.6. The van der Waals surface area contributed by atoms with Crippen LogP contribution in [0.5, 0.6) is 0 Å². The zero-order chi connectivity index (χ0) is 21.0. The smallest absolute Gasteiger partial charge is 0.243 e. The third-order valence-electron chi connectivity index (χ3n) is 4.54. The van der Waals surface area contributed by atoms with Gasteiger partial charge in [0.05, 0.1) is 23.4 Å². The lowest BCUT2D eigenvalue weighted by atomic mass is 10.2. The van der Waals surface area contributed by atoms with Crippen molar-refractivity contribution in [2.45, 2.75) is 42.5 Å². The number of carbonyl (C=O) groups is 1. The first kappa shape index (κ1) is 21.8. The fourth-order valence-electron chi connectivity index (χ4n) is 2.83. The van der Waals surface area contributed by atoms with Crippen LogP contribution in [-0.2, 0) is 26.0 Å². The lowest BCUT2D eigenvalue weighted by Crippen LogP contribution is -2.40. The maximum Gasteiger partial charge on any atom is 0.243 e. The van der Waals surface area contributed by atoms with E-state index in [0.29, 0.717) is 42.7 Å². The van der Waals surface area contributed by atoms with Crippen LogP contribution in [0.4, 0.5) is 5.69 Å². The molecular weight excluding hydrogens is 414 g/mol. The van der Waals surface area contributed by atoms with Crippen molar-refractivity contribution in [2.75, 3.05) is 31.6 Å². The Morgan fingerprint density at radius 3 is 2.76 bits per heavy atom. The summed E-state index contributed by atoms with van der Waals surface area (Å²) in [4.78, 5) is 17.0. The minimum absolute atomic E-state index is 0.194. The number of aryl methyl sites for hydroxylation is 2. The SMILES string of the molecule is CCc1nc(SC(C)C(=O)Nc2ccc(C)c(S(=O)(=O)N3CCOCC3)c2)n[nH]1. The second-order valence-electron chi connectivity index (χ2n) is 6.66. The van der Waals surface area contributed by atoms with E-state index >= 15 is 0 Å². The second kappa shape index (κ2) is 9.24. The van der Waals surface area contributed by atoms with E-state index in [1.165, 1.54) is 22.1 Å². The number of rotatable bonds is 7. The third kappa shape index (κ3) is 5.16. The molecule has 0 radical (unpaired) electrons. The number of H-pyrrole nitrogens is 1. The Labute approximate surface area is 174 Å². The average Bonchev–Trinajstić information content (AvgIpc) is 3.17. The number of sulfonamides is 1. The number of morpholine rings is 1. The van der Waals surface area contributed by atoms with Crippen LogP contribution in [0, 0.1) is 6.92 Å². The predicted molar refractivity (Wildman–Crippen MR) is 110 cm³/mol. The first-order chi connectivity index (χ1) is 13.8. The predicted octanol–water partition coefficient (Wildman–Crippen LogP) is 1.82. The van der Waals surface area contributed by atoms with E-state index in [2.05, 4.69) is 20.5 Å². The van der Waals surface area contributed by atoms with Gasteiger partial charge in [0, 0.05) is 25.2 Å². The van der Waals surface area contributed by atoms with Crippen molar-refractivity contribution in [3.8, 4) is 0 Å². The standard InChI is InChI=1S/C18H25N5O4S2/c1-4-16-20-18(22-21-16)28-13(3)17(24)19-14-6-5-12(2)15(11-14)29(25,26)23-7-9-27-10-8-23/h5-6,11,13H,4,7-10H2,1-3H3,(H,19,24)(H,20,21,22). The van der Waals surface area contributed by atoms with E-state index in [9.17, 15) is 13.2 Å². The number of benzene rings is 1. The minimum Gasteiger partial charge on any atom is -0.379 e. The highest BCUT2D eigenvalue weighted by atomic mass is 32.2. The van der Waals surface area contributed by atoms with Crippen LogP contribution in [0.1, 0.15) is 25.2 Å². The molecule has 1 fully saturated rings. The monoisotopic (exact) mass is 439 g/mol. The molecule has 1 aliphatic heterocycles. The van der Waals surface area contributed by atoms with E-state index in [0.717, 1.165) is 12.2 Å². The molecule has 0 aliphatic carbocycles. The number of nitrogens with one attached hydrogen (secondary N) is 2. The molecule has 1 aromatic carbocycles. The van der Waals surface area contributed by atoms with E-state index < -0.39 is 15.3 Å². The van der Waals surface area contributed by atoms with Crippen molar-refractivity contribution in [2.24, 2.45) is 0 Å². The molecular formula is C18H25N5O4S2. The van der Waals surface area contributed by atoms with Gasteiger partial charge < -0.3 is 10.1 Å². The Morgan fingerprint density at radius 2 is 2.10 bits per heavy atom. The molecule has 29 heavy (non-hydrogen) atoms. The highest BCUT2D eigenvalue weighted by molar-refractivity contribution is 8.00. The van der Waals surface area contributed by atoms with Gasteiger partial charge in [0.25, 0.3) is 0 Å². The largest absolute Gasteiger partial charge is 0.379 e. The zero-order valence-corrected chi connectivity index (χ0v) is 18.3. The molecule has 11 heteroatoms. The Kier molecular flexibility index (Phi) is 6.93. The highest BCUT2D eigenvalue weighted by Crippen LogP contribution is 2.26. The van der Waals surface area contributed by atoms with Crippen LogP contribution < -0.4 is 5.32 Å². The number of hydrogen-bond acceptors (Lipinski definition) is 7. The van der Waals surface area contributed by atoms with Crippen molar-refractivity contribution >= 4 is 33.4 Å². The first-order valence-corrected chi connectivity index (χ1v) is 11.7. The molecule has 1 aliphatic rings. The van der Waals surface area contributed by atoms with E-state index in [4.69, 9.17) is 4.74 Å². The first-order valence-electron chi connectivity index (χ1n) is 9.38. The van der Waals surface area contributed by atoms with Gasteiger partial charge in [-0.05, 0) is 31.5 Å². The fourth-order valence-corrected chi connectivity index (χ4v) is 5.23. The highest BCUT2D eigenvalue weighted by Gasteiger charge is 2.28. The topological polar surface area (TPSA) is 117 Å². The number of aromatic amines is 1. The summed E-state index contributed by atoms with van der Waals surface area (Å²) in [5.41, 5.74) is 1.06. The van der Waals surface area contributed by atoms with Crippen LogP contribution >= 0.6 is 11.8 Å². The summed E-state index contributed by atoms with van der Waals surface area (Å²) in [5, 5.41) is 9.74. The van der Waals surface area contributed by atoms with Crippen molar-refractivity contribution in [3.63, 3.8) is 0 Å².